The zero-order valence-electron chi connectivity index (χ0n) is 20.5. The molecule has 1 heterocycles. The van der Waals surface area contributed by atoms with Gasteiger partial charge in [0, 0.05) is 37.3 Å². The molecule has 1 fully saturated rings. The highest BCUT2D eigenvalue weighted by atomic mass is 16.5. The first-order chi connectivity index (χ1) is 16.4. The SMILES string of the molecule is CCN(CC)C(=O)C(NC(=O)c1cccc(C)c1)C1CCN(C(=O)c2cccc(OC)c2)CC1. The molecule has 0 bridgehead atoms. The summed E-state index contributed by atoms with van der Waals surface area (Å²) < 4.78 is 5.24. The molecule has 0 saturated carbocycles. The Morgan fingerprint density at radius 3 is 2.29 bits per heavy atom. The second-order valence-corrected chi connectivity index (χ2v) is 8.69. The molecule has 182 valence electrons. The van der Waals surface area contributed by atoms with Crippen LogP contribution in [0.3, 0.4) is 0 Å². The molecule has 0 aromatic heterocycles. The van der Waals surface area contributed by atoms with E-state index in [4.69, 9.17) is 4.74 Å². The maximum Gasteiger partial charge on any atom is 0.253 e. The lowest BCUT2D eigenvalue weighted by atomic mass is 9.87. The maximum absolute atomic E-state index is 13.4. The van der Waals surface area contributed by atoms with Gasteiger partial charge < -0.3 is 19.9 Å². The number of likely N-dealkylation sites (tertiary alicyclic amines) is 1. The van der Waals surface area contributed by atoms with Gasteiger partial charge in [0.15, 0.2) is 0 Å². The summed E-state index contributed by atoms with van der Waals surface area (Å²) in [5.41, 5.74) is 2.12. The number of carbonyl (C=O) groups is 3. The number of hydrogen-bond donors (Lipinski definition) is 1. The average molecular weight is 466 g/mol. The number of rotatable bonds is 8. The van der Waals surface area contributed by atoms with E-state index in [1.807, 2.05) is 49.9 Å². The Bertz CT molecular complexity index is 1010. The summed E-state index contributed by atoms with van der Waals surface area (Å²) in [4.78, 5) is 42.9. The van der Waals surface area contributed by atoms with Crippen molar-refractivity contribution in [1.82, 2.24) is 15.1 Å². The summed E-state index contributed by atoms with van der Waals surface area (Å²) in [6, 6.07) is 13.9. The predicted octanol–water partition coefficient (Wildman–Crippen LogP) is 3.52. The van der Waals surface area contributed by atoms with Crippen LogP contribution in [0.4, 0.5) is 0 Å². The summed E-state index contributed by atoms with van der Waals surface area (Å²) in [5, 5.41) is 3.02. The number of carbonyl (C=O) groups excluding carboxylic acids is 3. The van der Waals surface area contributed by atoms with Gasteiger partial charge in [0.05, 0.1) is 7.11 Å². The third kappa shape index (κ3) is 5.95. The van der Waals surface area contributed by atoms with Crippen molar-refractivity contribution in [2.75, 3.05) is 33.3 Å². The maximum atomic E-state index is 13.4. The first kappa shape index (κ1) is 25.3. The van der Waals surface area contributed by atoms with E-state index in [1.54, 1.807) is 36.3 Å². The van der Waals surface area contributed by atoms with E-state index < -0.39 is 6.04 Å². The molecule has 3 amide bonds. The van der Waals surface area contributed by atoms with Crippen LogP contribution in [-0.4, -0.2) is 66.9 Å². The van der Waals surface area contributed by atoms with Gasteiger partial charge in [-0.05, 0) is 69.9 Å². The Hall–Kier alpha value is -3.35. The van der Waals surface area contributed by atoms with Crippen molar-refractivity contribution in [3.05, 3.63) is 65.2 Å². The van der Waals surface area contributed by atoms with Crippen LogP contribution < -0.4 is 10.1 Å². The van der Waals surface area contributed by atoms with E-state index in [-0.39, 0.29) is 23.6 Å². The minimum absolute atomic E-state index is 0.0452. The number of amides is 3. The largest absolute Gasteiger partial charge is 0.497 e. The van der Waals surface area contributed by atoms with Crippen LogP contribution >= 0.6 is 0 Å². The van der Waals surface area contributed by atoms with Crippen LogP contribution in [0, 0.1) is 12.8 Å². The molecule has 3 rings (SSSR count). The number of ether oxygens (including phenoxy) is 1. The van der Waals surface area contributed by atoms with E-state index in [9.17, 15) is 14.4 Å². The van der Waals surface area contributed by atoms with Crippen LogP contribution in [0.25, 0.3) is 0 Å². The molecule has 7 heteroatoms. The van der Waals surface area contributed by atoms with Crippen molar-refractivity contribution >= 4 is 17.7 Å². The number of likely N-dealkylation sites (N-methyl/N-ethyl adjacent to an activating group) is 1. The highest BCUT2D eigenvalue weighted by Gasteiger charge is 2.35. The Balaban J connectivity index is 1.73. The fraction of sp³-hybridized carbons (Fsp3) is 0.444. The van der Waals surface area contributed by atoms with Crippen molar-refractivity contribution in [3.63, 3.8) is 0 Å². The zero-order valence-corrected chi connectivity index (χ0v) is 20.5. The highest BCUT2D eigenvalue weighted by Crippen LogP contribution is 2.25. The Labute approximate surface area is 202 Å². The molecule has 1 N–H and O–H groups in total. The van der Waals surface area contributed by atoms with Gasteiger partial charge >= 0.3 is 0 Å². The molecular formula is C27H35N3O4. The van der Waals surface area contributed by atoms with Crippen molar-refractivity contribution < 1.29 is 19.1 Å². The molecule has 2 aromatic rings. The first-order valence-corrected chi connectivity index (χ1v) is 12.0. The van der Waals surface area contributed by atoms with Crippen LogP contribution in [-0.2, 0) is 4.79 Å². The Kier molecular flexibility index (Phi) is 8.68. The van der Waals surface area contributed by atoms with E-state index >= 15 is 0 Å². The normalized spacial score (nSPS) is 14.9. The average Bonchev–Trinajstić information content (AvgIpc) is 2.87. The quantitative estimate of drug-likeness (QED) is 0.647. The summed E-state index contributed by atoms with van der Waals surface area (Å²) in [5.74, 6) is 0.237. The van der Waals surface area contributed by atoms with Gasteiger partial charge in [-0.1, -0.05) is 23.8 Å². The number of aryl methyl sites for hydroxylation is 1. The lowest BCUT2D eigenvalue weighted by molar-refractivity contribution is -0.134. The van der Waals surface area contributed by atoms with Gasteiger partial charge in [0.1, 0.15) is 11.8 Å². The molecule has 1 aliphatic heterocycles. The smallest absolute Gasteiger partial charge is 0.253 e. The molecule has 1 saturated heterocycles. The Morgan fingerprint density at radius 1 is 1.03 bits per heavy atom. The second-order valence-electron chi connectivity index (χ2n) is 8.69. The topological polar surface area (TPSA) is 79.0 Å². The third-order valence-electron chi connectivity index (χ3n) is 6.52. The van der Waals surface area contributed by atoms with E-state index in [0.29, 0.717) is 55.9 Å². The zero-order chi connectivity index (χ0) is 24.7. The second kappa shape index (κ2) is 11.7. The van der Waals surface area contributed by atoms with E-state index in [2.05, 4.69) is 5.32 Å². The highest BCUT2D eigenvalue weighted by molar-refractivity contribution is 5.98. The summed E-state index contributed by atoms with van der Waals surface area (Å²) in [6.07, 6.45) is 1.28. The summed E-state index contributed by atoms with van der Waals surface area (Å²) >= 11 is 0. The van der Waals surface area contributed by atoms with Crippen molar-refractivity contribution in [2.45, 2.75) is 39.7 Å². The predicted molar refractivity (Wildman–Crippen MR) is 132 cm³/mol. The number of nitrogens with one attached hydrogen (secondary N) is 1. The molecule has 0 spiro atoms. The number of nitrogens with zero attached hydrogens (tertiary/aromatic N) is 2. The van der Waals surface area contributed by atoms with E-state index in [1.165, 1.54) is 0 Å². The van der Waals surface area contributed by atoms with Crippen molar-refractivity contribution in [3.8, 4) is 5.75 Å². The first-order valence-electron chi connectivity index (χ1n) is 12.0. The molecule has 0 radical (unpaired) electrons. The van der Waals surface area contributed by atoms with Gasteiger partial charge in [0.25, 0.3) is 11.8 Å². The van der Waals surface area contributed by atoms with Gasteiger partial charge in [0.2, 0.25) is 5.91 Å². The lowest BCUT2D eigenvalue weighted by Crippen LogP contribution is -2.54. The van der Waals surface area contributed by atoms with Crippen LogP contribution in [0.2, 0.25) is 0 Å². The minimum atomic E-state index is -0.623. The molecule has 1 unspecified atom stereocenters. The minimum Gasteiger partial charge on any atom is -0.497 e. The molecule has 7 nitrogen and oxygen atoms in total. The summed E-state index contributed by atoms with van der Waals surface area (Å²) in [7, 11) is 1.58. The lowest BCUT2D eigenvalue weighted by Gasteiger charge is -2.37. The standard InChI is InChI=1S/C27H35N3O4/c1-5-29(6-2)27(33)24(28-25(31)21-10-7-9-19(3)17-21)20-13-15-30(16-14-20)26(32)22-11-8-12-23(18-22)34-4/h7-12,17-18,20,24H,5-6,13-16H2,1-4H3,(H,28,31). The van der Waals surface area contributed by atoms with Crippen molar-refractivity contribution in [1.29, 1.82) is 0 Å². The summed E-state index contributed by atoms with van der Waals surface area (Å²) in [6.45, 7) is 8.04. The number of piperidine rings is 1. The molecular weight excluding hydrogens is 430 g/mol. The molecule has 0 aliphatic carbocycles. The van der Waals surface area contributed by atoms with Crippen LogP contribution in [0.15, 0.2) is 48.5 Å². The Morgan fingerprint density at radius 2 is 1.68 bits per heavy atom. The molecule has 2 aromatic carbocycles. The molecule has 34 heavy (non-hydrogen) atoms. The third-order valence-corrected chi connectivity index (χ3v) is 6.52. The fourth-order valence-electron chi connectivity index (χ4n) is 4.50. The number of hydrogen-bond acceptors (Lipinski definition) is 4. The number of benzene rings is 2. The van der Waals surface area contributed by atoms with Gasteiger partial charge in [-0.15, -0.1) is 0 Å². The van der Waals surface area contributed by atoms with Crippen LogP contribution in [0.5, 0.6) is 5.75 Å². The van der Waals surface area contributed by atoms with Crippen LogP contribution in [0.1, 0.15) is 53.0 Å². The number of methoxy groups -OCH3 is 1. The van der Waals surface area contributed by atoms with Gasteiger partial charge in [-0.3, -0.25) is 14.4 Å². The monoisotopic (exact) mass is 465 g/mol. The van der Waals surface area contributed by atoms with E-state index in [0.717, 1.165) is 5.56 Å². The van der Waals surface area contributed by atoms with Gasteiger partial charge in [-0.2, -0.15) is 0 Å². The molecule has 1 aliphatic rings. The molecule has 1 atom stereocenters. The van der Waals surface area contributed by atoms with Gasteiger partial charge in [-0.25, -0.2) is 0 Å². The van der Waals surface area contributed by atoms with Crippen molar-refractivity contribution in [2.24, 2.45) is 5.92 Å². The fourth-order valence-corrected chi connectivity index (χ4v) is 4.50.